The fourth-order valence-electron chi connectivity index (χ4n) is 1.25. The van der Waals surface area contributed by atoms with Crippen molar-refractivity contribution < 1.29 is 19.4 Å². The number of hydrogen-bond acceptors (Lipinski definition) is 3. The second-order valence-corrected chi connectivity index (χ2v) is 3.24. The largest absolute Gasteiger partial charge is 0.478 e. The monoisotopic (exact) mass is 224 g/mol. The van der Waals surface area contributed by atoms with E-state index < -0.39 is 5.97 Å². The van der Waals surface area contributed by atoms with Crippen LogP contribution in [0.3, 0.4) is 0 Å². The normalized spacial score (nSPS) is 12.1. The van der Waals surface area contributed by atoms with Crippen molar-refractivity contribution in [2.24, 2.45) is 0 Å². The third-order valence-corrected chi connectivity index (χ3v) is 2.05. The van der Waals surface area contributed by atoms with E-state index in [2.05, 4.69) is 0 Å². The number of rotatable bonds is 6. The summed E-state index contributed by atoms with van der Waals surface area (Å²) in [6.07, 6.45) is 0.467. The van der Waals surface area contributed by atoms with Crippen LogP contribution in [-0.2, 0) is 4.74 Å². The van der Waals surface area contributed by atoms with Crippen LogP contribution in [0.2, 0.25) is 0 Å². The number of aromatic carboxylic acids is 1. The van der Waals surface area contributed by atoms with Gasteiger partial charge in [0.25, 0.3) is 0 Å². The number of ether oxygens (including phenoxy) is 2. The molecule has 0 amide bonds. The van der Waals surface area contributed by atoms with Crippen molar-refractivity contribution in [3.63, 3.8) is 0 Å². The molecular formula is C12H16O4. The lowest BCUT2D eigenvalue weighted by atomic mass is 10.2. The summed E-state index contributed by atoms with van der Waals surface area (Å²) in [6, 6.07) is 6.28. The van der Waals surface area contributed by atoms with Crippen molar-refractivity contribution in [1.29, 1.82) is 0 Å². The maximum Gasteiger partial charge on any atom is 0.335 e. The van der Waals surface area contributed by atoms with Gasteiger partial charge in [-0.25, -0.2) is 4.79 Å². The fraction of sp³-hybridized carbons (Fsp3) is 0.417. The molecule has 0 spiro atoms. The molecule has 1 N–H and O–H groups in total. The molecule has 0 aromatic heterocycles. The van der Waals surface area contributed by atoms with Gasteiger partial charge in [-0.05, 0) is 31.2 Å². The minimum atomic E-state index is -0.941. The van der Waals surface area contributed by atoms with Crippen molar-refractivity contribution in [3.05, 3.63) is 29.8 Å². The van der Waals surface area contributed by atoms with Gasteiger partial charge in [0.05, 0.1) is 5.56 Å². The minimum absolute atomic E-state index is 0.247. The number of carboxylic acid groups (broad SMARTS) is 1. The Hall–Kier alpha value is -1.55. The molecule has 1 aromatic carbocycles. The highest BCUT2D eigenvalue weighted by atomic mass is 16.7. The summed E-state index contributed by atoms with van der Waals surface area (Å²) < 4.78 is 10.9. The Morgan fingerprint density at radius 3 is 2.38 bits per heavy atom. The smallest absolute Gasteiger partial charge is 0.335 e. The van der Waals surface area contributed by atoms with E-state index in [1.54, 1.807) is 12.1 Å². The van der Waals surface area contributed by atoms with Crippen LogP contribution in [0.5, 0.6) is 5.75 Å². The van der Waals surface area contributed by atoms with Crippen molar-refractivity contribution in [2.75, 3.05) is 6.61 Å². The quantitative estimate of drug-likeness (QED) is 0.754. The van der Waals surface area contributed by atoms with Gasteiger partial charge in [-0.1, -0.05) is 6.92 Å². The zero-order valence-electron chi connectivity index (χ0n) is 9.47. The Labute approximate surface area is 94.8 Å². The van der Waals surface area contributed by atoms with Crippen molar-refractivity contribution in [2.45, 2.75) is 26.6 Å². The Morgan fingerprint density at radius 1 is 1.31 bits per heavy atom. The zero-order chi connectivity index (χ0) is 12.0. The van der Waals surface area contributed by atoms with E-state index in [1.165, 1.54) is 12.1 Å². The van der Waals surface area contributed by atoms with Crippen LogP contribution < -0.4 is 4.74 Å². The third-order valence-electron chi connectivity index (χ3n) is 2.05. The fourth-order valence-corrected chi connectivity index (χ4v) is 1.25. The number of hydrogen-bond donors (Lipinski definition) is 1. The molecule has 0 radical (unpaired) electrons. The maximum atomic E-state index is 10.6. The van der Waals surface area contributed by atoms with Crippen LogP contribution in [0.25, 0.3) is 0 Å². The summed E-state index contributed by atoms with van der Waals surface area (Å²) >= 11 is 0. The average Bonchev–Trinajstić information content (AvgIpc) is 2.29. The van der Waals surface area contributed by atoms with Gasteiger partial charge < -0.3 is 14.6 Å². The van der Waals surface area contributed by atoms with Crippen LogP contribution in [-0.4, -0.2) is 24.0 Å². The highest BCUT2D eigenvalue weighted by molar-refractivity contribution is 5.87. The van der Waals surface area contributed by atoms with Crippen LogP contribution in [0, 0.1) is 0 Å². The third kappa shape index (κ3) is 3.55. The van der Waals surface area contributed by atoms with Gasteiger partial charge >= 0.3 is 5.97 Å². The van der Waals surface area contributed by atoms with E-state index in [-0.39, 0.29) is 11.9 Å². The molecule has 4 nitrogen and oxygen atoms in total. The molecule has 1 aromatic rings. The molecule has 0 heterocycles. The van der Waals surface area contributed by atoms with E-state index >= 15 is 0 Å². The zero-order valence-corrected chi connectivity index (χ0v) is 9.47. The molecule has 16 heavy (non-hydrogen) atoms. The summed E-state index contributed by atoms with van der Waals surface area (Å²) in [5.74, 6) is -0.325. The molecule has 0 saturated carbocycles. The highest BCUT2D eigenvalue weighted by Crippen LogP contribution is 2.15. The molecule has 0 saturated heterocycles. The molecule has 1 rings (SSSR count). The first-order valence-electron chi connectivity index (χ1n) is 5.29. The number of benzene rings is 1. The van der Waals surface area contributed by atoms with Gasteiger partial charge in [-0.2, -0.15) is 0 Å². The van der Waals surface area contributed by atoms with Crippen molar-refractivity contribution >= 4 is 5.97 Å². The molecule has 88 valence electrons. The second-order valence-electron chi connectivity index (χ2n) is 3.24. The van der Waals surface area contributed by atoms with Gasteiger partial charge in [0.2, 0.25) is 0 Å². The van der Waals surface area contributed by atoms with Crippen molar-refractivity contribution in [1.82, 2.24) is 0 Å². The number of carboxylic acids is 1. The van der Waals surface area contributed by atoms with E-state index in [0.717, 1.165) is 6.42 Å². The van der Waals surface area contributed by atoms with Crippen LogP contribution in [0.1, 0.15) is 30.6 Å². The van der Waals surface area contributed by atoms with Gasteiger partial charge in [-0.3, -0.25) is 0 Å². The average molecular weight is 224 g/mol. The lowest BCUT2D eigenvalue weighted by Crippen LogP contribution is -2.19. The van der Waals surface area contributed by atoms with Gasteiger partial charge in [0, 0.05) is 13.0 Å². The summed E-state index contributed by atoms with van der Waals surface area (Å²) in [5, 5.41) is 8.72. The van der Waals surface area contributed by atoms with Crippen LogP contribution in [0.4, 0.5) is 0 Å². The minimum Gasteiger partial charge on any atom is -0.478 e. The van der Waals surface area contributed by atoms with Gasteiger partial charge in [0.15, 0.2) is 6.29 Å². The molecular weight excluding hydrogens is 208 g/mol. The van der Waals surface area contributed by atoms with E-state index in [9.17, 15) is 4.79 Å². The highest BCUT2D eigenvalue weighted by Gasteiger charge is 2.08. The predicted octanol–water partition coefficient (Wildman–Crippen LogP) is 2.54. The number of carbonyl (C=O) groups is 1. The molecule has 0 fully saturated rings. The molecule has 0 bridgehead atoms. The Balaban J connectivity index is 2.63. The van der Waals surface area contributed by atoms with E-state index in [0.29, 0.717) is 12.4 Å². The Kier molecular flexibility index (Phi) is 4.79. The molecule has 4 heteroatoms. The Bertz CT molecular complexity index is 331. The van der Waals surface area contributed by atoms with Crippen LogP contribution >= 0.6 is 0 Å². The molecule has 1 unspecified atom stereocenters. The van der Waals surface area contributed by atoms with Crippen LogP contribution in [0.15, 0.2) is 24.3 Å². The van der Waals surface area contributed by atoms with Gasteiger partial charge in [0.1, 0.15) is 5.75 Å². The lowest BCUT2D eigenvalue weighted by molar-refractivity contribution is -0.0766. The van der Waals surface area contributed by atoms with Crippen molar-refractivity contribution in [3.8, 4) is 5.75 Å². The summed E-state index contributed by atoms with van der Waals surface area (Å²) in [7, 11) is 0. The second kappa shape index (κ2) is 6.12. The van der Waals surface area contributed by atoms with Gasteiger partial charge in [-0.15, -0.1) is 0 Å². The molecule has 0 aliphatic carbocycles. The maximum absolute atomic E-state index is 10.6. The summed E-state index contributed by atoms with van der Waals surface area (Å²) in [4.78, 5) is 10.6. The standard InChI is InChI=1S/C12H16O4/c1-3-11(15-4-2)16-10-7-5-9(6-8-10)12(13)14/h5-8,11H,3-4H2,1-2H3,(H,13,14). The Morgan fingerprint density at radius 2 is 1.94 bits per heavy atom. The first-order valence-corrected chi connectivity index (χ1v) is 5.29. The van der Waals surface area contributed by atoms with E-state index in [4.69, 9.17) is 14.6 Å². The first kappa shape index (κ1) is 12.5. The summed E-state index contributed by atoms with van der Waals surface area (Å²) in [6.45, 7) is 4.46. The first-order chi connectivity index (χ1) is 7.67. The SMILES string of the molecule is CCOC(CC)Oc1ccc(C(=O)O)cc1. The van der Waals surface area contributed by atoms with E-state index in [1.807, 2.05) is 13.8 Å². The topological polar surface area (TPSA) is 55.8 Å². The lowest BCUT2D eigenvalue weighted by Gasteiger charge is -2.17. The molecule has 0 aliphatic heterocycles. The molecule has 0 aliphatic rings. The predicted molar refractivity (Wildman–Crippen MR) is 59.7 cm³/mol. The molecule has 1 atom stereocenters. The summed E-state index contributed by atoms with van der Waals surface area (Å²) in [5.41, 5.74) is 0.247.